The van der Waals surface area contributed by atoms with Gasteiger partial charge >= 0.3 is 11.9 Å². The maximum absolute atomic E-state index is 13.1. The number of aromatic hydroxyl groups is 1. The molecule has 1 aliphatic heterocycles. The molecule has 2 N–H and O–H groups in total. The number of pyridine rings is 1. The van der Waals surface area contributed by atoms with Gasteiger partial charge in [-0.2, -0.15) is 0 Å². The summed E-state index contributed by atoms with van der Waals surface area (Å²) in [6, 6.07) is 10.8. The van der Waals surface area contributed by atoms with Crippen molar-refractivity contribution in [2.24, 2.45) is 0 Å². The van der Waals surface area contributed by atoms with Crippen molar-refractivity contribution in [1.29, 1.82) is 0 Å². The molecule has 0 radical (unpaired) electrons. The summed E-state index contributed by atoms with van der Waals surface area (Å²) in [6.45, 7) is 6.75. The number of phenolic OH excluding ortho intramolecular Hbond substituents is 1. The minimum atomic E-state index is -1.15. The fourth-order valence-electron chi connectivity index (χ4n) is 3.70. The molecule has 13 heteroatoms. The van der Waals surface area contributed by atoms with Crippen LogP contribution in [0.1, 0.15) is 44.6 Å². The Balaban J connectivity index is 0.000000577. The van der Waals surface area contributed by atoms with Gasteiger partial charge in [0.2, 0.25) is 5.75 Å². The molecule has 0 saturated carbocycles. The van der Waals surface area contributed by atoms with Crippen molar-refractivity contribution in [3.8, 4) is 23.0 Å². The molecule has 2 unspecified atom stereocenters. The lowest BCUT2D eigenvalue weighted by molar-refractivity contribution is -0.151. The van der Waals surface area contributed by atoms with Gasteiger partial charge in [-0.3, -0.25) is 9.59 Å². The summed E-state index contributed by atoms with van der Waals surface area (Å²) in [5, 5.41) is 11.1. The quantitative estimate of drug-likeness (QED) is 0.376. The van der Waals surface area contributed by atoms with Gasteiger partial charge in [0.1, 0.15) is 35.3 Å². The first kappa shape index (κ1) is 35.4. The predicted octanol–water partition coefficient (Wildman–Crippen LogP) is 4.61. The predicted molar refractivity (Wildman–Crippen MR) is 155 cm³/mol. The van der Waals surface area contributed by atoms with E-state index in [9.17, 15) is 23.2 Å². The second-order valence-corrected chi connectivity index (χ2v) is 9.00. The standard InChI is InChI=1S/C23H25FN2O8.C6H5FO.C2H6/c1-13-10-17(34-16-6-4-15(24)5-7-16)11-31-12-18(23(29)32-13)26-22(28)20-21(33-14(2)27)19(30-3)8-9-25-20;7-5-1-3-6(8)4-2-5;1-2/h4-9,13,17-18H,10-12H2,1-3H3,(H,26,28);1-4,8H;1-2H3/t13?,17?,18-;;/m0../s1. The van der Waals surface area contributed by atoms with Crippen LogP contribution in [0.5, 0.6) is 23.0 Å². The van der Waals surface area contributed by atoms with Gasteiger partial charge in [0, 0.05) is 25.6 Å². The molecule has 238 valence electrons. The van der Waals surface area contributed by atoms with Gasteiger partial charge in [-0.05, 0) is 55.5 Å². The number of esters is 2. The van der Waals surface area contributed by atoms with E-state index in [2.05, 4.69) is 10.3 Å². The van der Waals surface area contributed by atoms with Crippen LogP contribution in [0.4, 0.5) is 8.78 Å². The van der Waals surface area contributed by atoms with E-state index >= 15 is 0 Å². The third-order valence-electron chi connectivity index (χ3n) is 5.58. The summed E-state index contributed by atoms with van der Waals surface area (Å²) >= 11 is 0. The van der Waals surface area contributed by atoms with Gasteiger partial charge in [0.25, 0.3) is 5.91 Å². The van der Waals surface area contributed by atoms with Crippen molar-refractivity contribution in [2.45, 2.75) is 52.4 Å². The normalized spacial score (nSPS) is 17.8. The highest BCUT2D eigenvalue weighted by Gasteiger charge is 2.31. The molecule has 4 rings (SSSR count). The molecule has 1 saturated heterocycles. The van der Waals surface area contributed by atoms with Crippen LogP contribution in [0.25, 0.3) is 0 Å². The van der Waals surface area contributed by atoms with E-state index in [1.807, 2.05) is 13.8 Å². The molecule has 1 aliphatic rings. The van der Waals surface area contributed by atoms with Gasteiger partial charge in [-0.1, -0.05) is 13.8 Å². The number of benzene rings is 2. The zero-order valence-corrected chi connectivity index (χ0v) is 25.0. The number of cyclic esters (lactones) is 1. The van der Waals surface area contributed by atoms with Crippen LogP contribution in [0, 0.1) is 11.6 Å². The summed E-state index contributed by atoms with van der Waals surface area (Å²) in [6.07, 6.45) is 0.597. The molecule has 2 aromatic carbocycles. The zero-order chi connectivity index (χ0) is 32.6. The molecule has 0 spiro atoms. The average molecular weight is 619 g/mol. The van der Waals surface area contributed by atoms with Gasteiger partial charge in [0.15, 0.2) is 17.5 Å². The Bertz CT molecular complexity index is 1330. The fourth-order valence-corrected chi connectivity index (χ4v) is 3.70. The SMILES string of the molecule is CC.COc1ccnc(C(=O)N[C@H]2COCC(Oc3ccc(F)cc3)CC(C)OC2=O)c1OC(C)=O.Oc1ccc(F)cc1. The van der Waals surface area contributed by atoms with Crippen molar-refractivity contribution >= 4 is 17.8 Å². The Morgan fingerprint density at radius 1 is 1.00 bits per heavy atom. The molecular weight excluding hydrogens is 582 g/mol. The van der Waals surface area contributed by atoms with Crippen molar-refractivity contribution in [2.75, 3.05) is 20.3 Å². The highest BCUT2D eigenvalue weighted by Crippen LogP contribution is 2.29. The van der Waals surface area contributed by atoms with E-state index in [1.54, 1.807) is 6.92 Å². The number of amides is 1. The van der Waals surface area contributed by atoms with Crippen LogP contribution in [0.15, 0.2) is 60.8 Å². The summed E-state index contributed by atoms with van der Waals surface area (Å²) < 4.78 is 52.2. The first-order valence-corrected chi connectivity index (χ1v) is 13.7. The lowest BCUT2D eigenvalue weighted by Gasteiger charge is -2.21. The Morgan fingerprint density at radius 3 is 2.18 bits per heavy atom. The Kier molecular flexibility index (Phi) is 14.5. The lowest BCUT2D eigenvalue weighted by Crippen LogP contribution is -2.45. The minimum absolute atomic E-state index is 0.0893. The number of phenols is 1. The molecule has 44 heavy (non-hydrogen) atoms. The third kappa shape index (κ3) is 11.5. The van der Waals surface area contributed by atoms with Gasteiger partial charge < -0.3 is 34.1 Å². The molecule has 3 atom stereocenters. The van der Waals surface area contributed by atoms with Crippen molar-refractivity contribution in [3.63, 3.8) is 0 Å². The largest absolute Gasteiger partial charge is 0.508 e. The Labute approximate surface area is 254 Å². The molecule has 0 aliphatic carbocycles. The number of nitrogens with one attached hydrogen (secondary N) is 1. The molecule has 1 fully saturated rings. The minimum Gasteiger partial charge on any atom is -0.508 e. The first-order chi connectivity index (χ1) is 21.0. The number of ether oxygens (including phenoxy) is 5. The van der Waals surface area contributed by atoms with E-state index in [0.29, 0.717) is 12.2 Å². The maximum Gasteiger partial charge on any atom is 0.331 e. The Hall–Kier alpha value is -4.78. The third-order valence-corrected chi connectivity index (χ3v) is 5.58. The molecule has 1 aromatic heterocycles. The van der Waals surface area contributed by atoms with Gasteiger partial charge in [0.05, 0.1) is 20.3 Å². The molecule has 0 bridgehead atoms. The zero-order valence-electron chi connectivity index (χ0n) is 25.0. The van der Waals surface area contributed by atoms with Crippen LogP contribution in [0.3, 0.4) is 0 Å². The number of rotatable bonds is 6. The Morgan fingerprint density at radius 2 is 1.61 bits per heavy atom. The molecule has 3 aromatic rings. The van der Waals surface area contributed by atoms with Crippen LogP contribution >= 0.6 is 0 Å². The van der Waals surface area contributed by atoms with E-state index in [1.165, 1.54) is 74.8 Å². The number of halogens is 2. The number of aromatic nitrogens is 1. The topological polar surface area (TPSA) is 143 Å². The van der Waals surface area contributed by atoms with Crippen LogP contribution in [0.2, 0.25) is 0 Å². The van der Waals surface area contributed by atoms with E-state index in [4.69, 9.17) is 28.8 Å². The number of methoxy groups -OCH3 is 1. The van der Waals surface area contributed by atoms with Crippen molar-refractivity contribution in [1.82, 2.24) is 10.3 Å². The summed E-state index contributed by atoms with van der Waals surface area (Å²) in [5.41, 5.74) is -0.243. The van der Waals surface area contributed by atoms with E-state index < -0.39 is 36.1 Å². The van der Waals surface area contributed by atoms with Crippen LogP contribution in [-0.4, -0.2) is 66.5 Å². The first-order valence-electron chi connectivity index (χ1n) is 13.7. The molecule has 2 heterocycles. The van der Waals surface area contributed by atoms with Crippen LogP contribution in [-0.2, 0) is 19.1 Å². The number of carbonyl (C=O) groups is 3. The molecule has 11 nitrogen and oxygen atoms in total. The second kappa shape index (κ2) is 18.0. The van der Waals surface area contributed by atoms with Crippen molar-refractivity contribution in [3.05, 3.63) is 78.1 Å². The average Bonchev–Trinajstić information content (AvgIpc) is 3.05. The number of carbonyl (C=O) groups excluding carboxylic acids is 3. The smallest absolute Gasteiger partial charge is 0.331 e. The highest BCUT2D eigenvalue weighted by molar-refractivity contribution is 5.98. The lowest BCUT2D eigenvalue weighted by atomic mass is 10.2. The monoisotopic (exact) mass is 618 g/mol. The fraction of sp³-hybridized carbons (Fsp3) is 0.355. The van der Waals surface area contributed by atoms with Crippen LogP contribution < -0.4 is 19.5 Å². The second-order valence-electron chi connectivity index (χ2n) is 9.00. The van der Waals surface area contributed by atoms with Crippen molar-refractivity contribution < 1.29 is 52.0 Å². The van der Waals surface area contributed by atoms with E-state index in [0.717, 1.165) is 0 Å². The molecular formula is C31H36F2N2O9. The number of nitrogens with zero attached hydrogens (tertiary/aromatic N) is 1. The maximum atomic E-state index is 13.1. The molecule has 1 amide bonds. The number of hydrogen-bond donors (Lipinski definition) is 2. The number of hydrogen-bond acceptors (Lipinski definition) is 10. The van der Waals surface area contributed by atoms with Gasteiger partial charge in [-0.15, -0.1) is 0 Å². The highest BCUT2D eigenvalue weighted by atomic mass is 19.1. The van der Waals surface area contributed by atoms with Gasteiger partial charge in [-0.25, -0.2) is 18.6 Å². The summed E-state index contributed by atoms with van der Waals surface area (Å²) in [4.78, 5) is 41.0. The summed E-state index contributed by atoms with van der Waals surface area (Å²) in [5.74, 6) is -2.40. The summed E-state index contributed by atoms with van der Waals surface area (Å²) in [7, 11) is 1.35. The van der Waals surface area contributed by atoms with E-state index in [-0.39, 0.29) is 47.8 Å².